The zero-order valence-electron chi connectivity index (χ0n) is 10.6. The van der Waals surface area contributed by atoms with Crippen molar-refractivity contribution in [3.8, 4) is 0 Å². The molecule has 0 aliphatic heterocycles. The predicted molar refractivity (Wildman–Crippen MR) is 66.1 cm³/mol. The van der Waals surface area contributed by atoms with Crippen LogP contribution in [0.2, 0.25) is 0 Å². The lowest BCUT2D eigenvalue weighted by Gasteiger charge is -2.35. The molecular weight excluding hydrogens is 264 g/mol. The summed E-state index contributed by atoms with van der Waals surface area (Å²) < 4.78 is 28.3. The molecule has 1 aliphatic carbocycles. The van der Waals surface area contributed by atoms with Gasteiger partial charge in [-0.3, -0.25) is 4.79 Å². The number of halogens is 3. The van der Waals surface area contributed by atoms with E-state index in [4.69, 9.17) is 16.3 Å². The number of carbonyl (C=O) groups is 1. The molecule has 1 saturated carbocycles. The molecule has 0 aromatic carbocycles. The highest BCUT2D eigenvalue weighted by Gasteiger charge is 2.29. The van der Waals surface area contributed by atoms with E-state index in [-0.39, 0.29) is 30.4 Å². The zero-order valence-corrected chi connectivity index (χ0v) is 11.3. The van der Waals surface area contributed by atoms with Crippen molar-refractivity contribution in [3.05, 3.63) is 0 Å². The molecule has 6 heteroatoms. The highest BCUT2D eigenvalue weighted by Crippen LogP contribution is 2.26. The Balaban J connectivity index is 2.27. The molecule has 1 fully saturated rings. The summed E-state index contributed by atoms with van der Waals surface area (Å²) in [5.74, 6) is -0.0955. The van der Waals surface area contributed by atoms with Gasteiger partial charge in [0, 0.05) is 13.1 Å². The molecule has 1 rings (SSSR count). The lowest BCUT2D eigenvalue weighted by molar-refractivity contribution is -0.134. The molecule has 0 spiro atoms. The van der Waals surface area contributed by atoms with E-state index in [0.717, 1.165) is 25.7 Å². The van der Waals surface area contributed by atoms with E-state index >= 15 is 0 Å². The lowest BCUT2D eigenvalue weighted by atomic mass is 9.94. The number of nitrogens with zero attached hydrogens (tertiary/aromatic N) is 1. The van der Waals surface area contributed by atoms with Crippen LogP contribution in [0.5, 0.6) is 0 Å². The Kier molecular flexibility index (Phi) is 6.86. The van der Waals surface area contributed by atoms with Crippen molar-refractivity contribution in [3.63, 3.8) is 0 Å². The summed E-state index contributed by atoms with van der Waals surface area (Å²) in [6.45, 7) is -0.578. The van der Waals surface area contributed by atoms with Gasteiger partial charge in [-0.1, -0.05) is 12.8 Å². The first-order valence-corrected chi connectivity index (χ1v) is 6.71. The van der Waals surface area contributed by atoms with Gasteiger partial charge in [0.05, 0.1) is 18.4 Å². The normalized spacial score (nSPS) is 24.3. The Morgan fingerprint density at radius 3 is 2.72 bits per heavy atom. The van der Waals surface area contributed by atoms with Crippen LogP contribution >= 0.6 is 11.6 Å². The summed E-state index contributed by atoms with van der Waals surface area (Å²) in [4.78, 5) is 13.5. The van der Waals surface area contributed by atoms with Crippen molar-refractivity contribution in [1.82, 2.24) is 4.90 Å². The predicted octanol–water partition coefficient (Wildman–Crippen LogP) is 2.67. The van der Waals surface area contributed by atoms with E-state index < -0.39 is 13.0 Å². The molecule has 3 nitrogen and oxygen atoms in total. The first-order chi connectivity index (χ1) is 8.52. The number of ether oxygens (including phenoxy) is 1. The molecule has 2 unspecified atom stereocenters. The Morgan fingerprint density at radius 1 is 1.44 bits per heavy atom. The zero-order chi connectivity index (χ0) is 13.5. The molecule has 0 N–H and O–H groups in total. The topological polar surface area (TPSA) is 29.5 Å². The summed E-state index contributed by atoms with van der Waals surface area (Å²) in [7, 11) is 1.72. The number of alkyl halides is 3. The second kappa shape index (κ2) is 7.89. The van der Waals surface area contributed by atoms with Crippen LogP contribution < -0.4 is 0 Å². The van der Waals surface area contributed by atoms with Crippen LogP contribution in [0.1, 0.15) is 32.1 Å². The highest BCUT2D eigenvalue weighted by atomic mass is 35.5. The van der Waals surface area contributed by atoms with Gasteiger partial charge in [-0.25, -0.2) is 8.78 Å². The molecule has 2 atom stereocenters. The summed E-state index contributed by atoms with van der Waals surface area (Å²) >= 11 is 6.20. The second-order valence-electron chi connectivity index (χ2n) is 4.59. The smallest absolute Gasteiger partial charge is 0.261 e. The van der Waals surface area contributed by atoms with Gasteiger partial charge in [0.15, 0.2) is 0 Å². The van der Waals surface area contributed by atoms with Crippen LogP contribution in [0.25, 0.3) is 0 Å². The maximum absolute atomic E-state index is 11.8. The van der Waals surface area contributed by atoms with Gasteiger partial charge in [-0.2, -0.15) is 0 Å². The molecule has 0 heterocycles. The minimum Gasteiger partial charge on any atom is -0.375 e. The third kappa shape index (κ3) is 5.06. The molecule has 0 saturated heterocycles. The summed E-state index contributed by atoms with van der Waals surface area (Å²) in [6.07, 6.45) is 1.66. The molecule has 0 radical (unpaired) electrons. The Bertz CT molecular complexity index is 266. The van der Waals surface area contributed by atoms with E-state index in [9.17, 15) is 13.6 Å². The number of hydrogen-bond donors (Lipinski definition) is 0. The summed E-state index contributed by atoms with van der Waals surface area (Å²) in [5, 5.41) is -0.00492. The van der Waals surface area contributed by atoms with Gasteiger partial charge in [-0.05, 0) is 12.8 Å². The van der Waals surface area contributed by atoms with Crippen molar-refractivity contribution < 1.29 is 18.3 Å². The fraction of sp³-hybridized carbons (Fsp3) is 0.917. The first kappa shape index (κ1) is 15.6. The van der Waals surface area contributed by atoms with Crippen LogP contribution in [0.15, 0.2) is 0 Å². The Morgan fingerprint density at radius 2 is 2.11 bits per heavy atom. The standard InChI is InChI=1S/C12H20ClF2NO2/c1-16(10-5-3-2-4-9(10)13)12(17)6-7-18-8-11(14)15/h9-11H,2-8H2,1H3. The minimum atomic E-state index is -2.48. The fourth-order valence-corrected chi connectivity index (χ4v) is 2.64. The molecule has 0 aromatic heterocycles. The Labute approximate surface area is 111 Å². The number of hydrogen-bond acceptors (Lipinski definition) is 2. The third-order valence-corrected chi connectivity index (χ3v) is 3.75. The van der Waals surface area contributed by atoms with Crippen molar-refractivity contribution >= 4 is 17.5 Å². The van der Waals surface area contributed by atoms with Crippen molar-refractivity contribution in [2.75, 3.05) is 20.3 Å². The van der Waals surface area contributed by atoms with Gasteiger partial charge in [0.1, 0.15) is 6.61 Å². The van der Waals surface area contributed by atoms with E-state index in [1.165, 1.54) is 0 Å². The van der Waals surface area contributed by atoms with Crippen LogP contribution in [-0.2, 0) is 9.53 Å². The maximum Gasteiger partial charge on any atom is 0.261 e. The second-order valence-corrected chi connectivity index (χ2v) is 5.15. The van der Waals surface area contributed by atoms with Crippen molar-refractivity contribution in [2.45, 2.75) is 49.9 Å². The average molecular weight is 284 g/mol. The average Bonchev–Trinajstić information content (AvgIpc) is 2.34. The van der Waals surface area contributed by atoms with Crippen LogP contribution in [0.4, 0.5) is 8.78 Å². The molecule has 0 bridgehead atoms. The molecular formula is C12H20ClF2NO2. The number of amides is 1. The van der Waals surface area contributed by atoms with Crippen molar-refractivity contribution in [1.29, 1.82) is 0 Å². The third-order valence-electron chi connectivity index (χ3n) is 3.24. The molecule has 1 aliphatic rings. The van der Waals surface area contributed by atoms with E-state index in [1.807, 2.05) is 0 Å². The minimum absolute atomic E-state index is 0.00492. The summed E-state index contributed by atoms with van der Waals surface area (Å²) in [5.41, 5.74) is 0. The quantitative estimate of drug-likeness (QED) is 0.554. The van der Waals surface area contributed by atoms with Gasteiger partial charge in [0.2, 0.25) is 5.91 Å². The molecule has 1 amide bonds. The number of rotatable bonds is 6. The monoisotopic (exact) mass is 283 g/mol. The first-order valence-electron chi connectivity index (χ1n) is 6.28. The summed E-state index contributed by atoms with van der Waals surface area (Å²) in [6, 6.07) is 0.0583. The highest BCUT2D eigenvalue weighted by molar-refractivity contribution is 6.21. The van der Waals surface area contributed by atoms with Crippen LogP contribution in [-0.4, -0.2) is 48.9 Å². The number of carbonyl (C=O) groups excluding carboxylic acids is 1. The van der Waals surface area contributed by atoms with Crippen LogP contribution in [0, 0.1) is 0 Å². The Hall–Kier alpha value is -0.420. The maximum atomic E-state index is 11.8. The van der Waals surface area contributed by atoms with Gasteiger partial charge >= 0.3 is 0 Å². The largest absolute Gasteiger partial charge is 0.375 e. The van der Waals surface area contributed by atoms with Gasteiger partial charge < -0.3 is 9.64 Å². The van der Waals surface area contributed by atoms with Gasteiger partial charge in [0.25, 0.3) is 6.43 Å². The van der Waals surface area contributed by atoms with E-state index in [0.29, 0.717) is 0 Å². The fourth-order valence-electron chi connectivity index (χ4n) is 2.20. The SMILES string of the molecule is CN(C(=O)CCOCC(F)F)C1CCCCC1Cl. The molecule has 106 valence electrons. The molecule has 18 heavy (non-hydrogen) atoms. The van der Waals surface area contributed by atoms with Crippen LogP contribution in [0.3, 0.4) is 0 Å². The van der Waals surface area contributed by atoms with E-state index in [1.54, 1.807) is 11.9 Å². The van der Waals surface area contributed by atoms with E-state index in [2.05, 4.69) is 0 Å². The molecule has 0 aromatic rings. The van der Waals surface area contributed by atoms with Gasteiger partial charge in [-0.15, -0.1) is 11.6 Å². The lowest BCUT2D eigenvalue weighted by Crippen LogP contribution is -2.44. The van der Waals surface area contributed by atoms with Crippen molar-refractivity contribution in [2.24, 2.45) is 0 Å².